The molecular formula is C87H84O4S5. The van der Waals surface area contributed by atoms with E-state index in [1.54, 1.807) is 0 Å². The van der Waals surface area contributed by atoms with Gasteiger partial charge in [0.15, 0.2) is 0 Å². The highest BCUT2D eigenvalue weighted by atomic mass is 32.1. The van der Waals surface area contributed by atoms with Crippen LogP contribution in [-0.2, 0) is 9.59 Å². The van der Waals surface area contributed by atoms with Gasteiger partial charge in [-0.3, -0.25) is 0 Å². The average molecular weight is 1350 g/mol. The van der Waals surface area contributed by atoms with Gasteiger partial charge >= 0.3 is 11.9 Å². The molecule has 5 aromatic heterocycles. The topological polar surface area (TPSA) is 52.6 Å². The van der Waals surface area contributed by atoms with Gasteiger partial charge in [0, 0.05) is 83.4 Å². The fourth-order valence-electron chi connectivity index (χ4n) is 13.3. The number of fused-ring (bicyclic) bond motifs is 15. The molecule has 17 rings (SSSR count). The van der Waals surface area contributed by atoms with Gasteiger partial charge in [0.05, 0.1) is 11.1 Å². The van der Waals surface area contributed by atoms with Crippen LogP contribution in [0.2, 0.25) is 0 Å². The molecular weight excluding hydrogens is 1270 g/mol. The number of carbonyl (C=O) groups is 2. The van der Waals surface area contributed by atoms with E-state index in [4.69, 9.17) is 9.47 Å². The van der Waals surface area contributed by atoms with Crippen molar-refractivity contribution in [1.82, 2.24) is 0 Å². The van der Waals surface area contributed by atoms with Gasteiger partial charge in [-0.1, -0.05) is 162 Å². The van der Waals surface area contributed by atoms with Gasteiger partial charge in [0.1, 0.15) is 11.5 Å². The van der Waals surface area contributed by atoms with E-state index in [9.17, 15) is 9.59 Å². The van der Waals surface area contributed by atoms with Crippen LogP contribution in [0.4, 0.5) is 0 Å². The van der Waals surface area contributed by atoms with Gasteiger partial charge in [-0.15, -0.1) is 56.7 Å². The van der Waals surface area contributed by atoms with Gasteiger partial charge in [0.2, 0.25) is 0 Å². The van der Waals surface area contributed by atoms with E-state index in [0.29, 0.717) is 22.6 Å². The lowest BCUT2D eigenvalue weighted by molar-refractivity contribution is -0.127. The Balaban J connectivity index is 0.000000117. The third-order valence-corrected chi connectivity index (χ3v) is 22.5. The molecule has 0 saturated heterocycles. The Kier molecular flexibility index (Phi) is 20.5. The Labute approximate surface area is 588 Å². The highest BCUT2D eigenvalue weighted by molar-refractivity contribution is 7.17. The molecule has 2 aliphatic heterocycles. The van der Waals surface area contributed by atoms with Crippen LogP contribution in [0.15, 0.2) is 190 Å². The summed E-state index contributed by atoms with van der Waals surface area (Å²) < 4.78 is 10.7. The number of aryl methyl sites for hydroxylation is 5. The number of carbonyl (C=O) groups excluding carboxylic acids is 2. The van der Waals surface area contributed by atoms with Gasteiger partial charge in [0.25, 0.3) is 0 Å². The zero-order chi connectivity index (χ0) is 68.7. The molecule has 96 heavy (non-hydrogen) atoms. The Hall–Kier alpha value is -8.54. The second-order valence-electron chi connectivity index (χ2n) is 26.0. The largest absolute Gasteiger partial charge is 0.422 e. The smallest absolute Gasteiger partial charge is 0.344 e. The SMILES string of the molecule is CC.CC(C)=C1C(=O)Oc2c1ccc1cc(C)ccc21.CC(C)=C1C(=O)Oc2cc3ccccc3cc21.CC(C)=C1C=Cc2cc(C)sc21.CC(C)=C1c2ccccc2-c2cc(C)ccc21.CC(C)=C1c2ccsc2-c2cc(C)sc21.CC(C)=C1c2sccc2-c2cc(C)sc21. The third-order valence-electron chi connectivity index (χ3n) is 17.4. The fraction of sp³-hybridized carbons (Fsp3) is 0.218. The van der Waals surface area contributed by atoms with Crippen LogP contribution in [0.1, 0.15) is 176 Å². The first-order chi connectivity index (χ1) is 46.0. The molecule has 0 bridgehead atoms. The maximum Gasteiger partial charge on any atom is 0.344 e. The van der Waals surface area contributed by atoms with E-state index < -0.39 is 0 Å². The highest BCUT2D eigenvalue weighted by Gasteiger charge is 2.32. The number of hydrogen-bond acceptors (Lipinski definition) is 9. The predicted molar refractivity (Wildman–Crippen MR) is 422 cm³/mol. The van der Waals surface area contributed by atoms with Crippen molar-refractivity contribution < 1.29 is 19.1 Å². The van der Waals surface area contributed by atoms with E-state index in [0.717, 1.165) is 43.8 Å². The number of benzene rings is 6. The van der Waals surface area contributed by atoms with E-state index in [1.807, 2.05) is 159 Å². The second kappa shape index (κ2) is 28.6. The Morgan fingerprint density at radius 1 is 0.333 bits per heavy atom. The van der Waals surface area contributed by atoms with Crippen LogP contribution in [0.3, 0.4) is 0 Å². The maximum atomic E-state index is 11.9. The summed E-state index contributed by atoms with van der Waals surface area (Å²) in [6.45, 7) is 40.1. The number of hydrogen-bond donors (Lipinski definition) is 0. The second-order valence-corrected chi connectivity index (χ2v) is 31.6. The highest BCUT2D eigenvalue weighted by Crippen LogP contribution is 2.54. The van der Waals surface area contributed by atoms with Crippen LogP contribution in [0, 0.1) is 34.6 Å². The number of allylic oxidation sites excluding steroid dienone is 8. The average Bonchev–Trinajstić information content (AvgIpc) is 1.60. The summed E-state index contributed by atoms with van der Waals surface area (Å²) >= 11 is 9.47. The van der Waals surface area contributed by atoms with Crippen molar-refractivity contribution in [2.45, 2.75) is 132 Å². The van der Waals surface area contributed by atoms with Crippen molar-refractivity contribution in [2.75, 3.05) is 0 Å². The van der Waals surface area contributed by atoms with E-state index >= 15 is 0 Å². The van der Waals surface area contributed by atoms with Gasteiger partial charge in [-0.2, -0.15) is 0 Å². The molecule has 4 aliphatic carbocycles. The molecule has 0 amide bonds. The van der Waals surface area contributed by atoms with Gasteiger partial charge in [-0.25, -0.2) is 9.59 Å². The lowest BCUT2D eigenvalue weighted by Crippen LogP contribution is -2.01. The minimum Gasteiger partial charge on any atom is -0.422 e. The number of thiophene rings is 5. The normalized spacial score (nSPS) is 13.0. The summed E-state index contributed by atoms with van der Waals surface area (Å²) in [5, 5.41) is 8.73. The number of rotatable bonds is 0. The lowest BCUT2D eigenvalue weighted by atomic mass is 9.98. The summed E-state index contributed by atoms with van der Waals surface area (Å²) in [6.07, 6.45) is 4.43. The van der Waals surface area contributed by atoms with Crippen molar-refractivity contribution >= 4 is 130 Å². The lowest BCUT2D eigenvalue weighted by Gasteiger charge is -2.05. The zero-order valence-electron chi connectivity index (χ0n) is 58.8. The quantitative estimate of drug-likeness (QED) is 0.0863. The van der Waals surface area contributed by atoms with Crippen LogP contribution in [0.25, 0.3) is 93.8 Å². The minimum absolute atomic E-state index is 0.238. The molecule has 7 heterocycles. The molecule has 0 unspecified atom stereocenters. The third kappa shape index (κ3) is 13.4. The molecule has 4 nitrogen and oxygen atoms in total. The fourth-order valence-corrected chi connectivity index (χ4v) is 18.9. The molecule has 0 radical (unpaired) electrons. The van der Waals surface area contributed by atoms with E-state index in [2.05, 4.69) is 192 Å². The van der Waals surface area contributed by atoms with Crippen molar-refractivity contribution in [3.63, 3.8) is 0 Å². The van der Waals surface area contributed by atoms with Crippen LogP contribution in [-0.4, -0.2) is 11.9 Å². The monoisotopic (exact) mass is 1350 g/mol. The predicted octanol–water partition coefficient (Wildman–Crippen LogP) is 27.0. The molecule has 0 fully saturated rings. The summed E-state index contributed by atoms with van der Waals surface area (Å²) in [5.41, 5.74) is 31.9. The maximum absolute atomic E-state index is 11.9. The van der Waals surface area contributed by atoms with Crippen LogP contribution >= 0.6 is 56.7 Å². The summed E-state index contributed by atoms with van der Waals surface area (Å²) in [4.78, 5) is 35.3. The molecule has 486 valence electrons. The van der Waals surface area contributed by atoms with Crippen molar-refractivity contribution in [3.05, 3.63) is 268 Å². The van der Waals surface area contributed by atoms with Crippen molar-refractivity contribution in [3.8, 4) is 44.2 Å². The minimum atomic E-state index is -0.240. The summed E-state index contributed by atoms with van der Waals surface area (Å²) in [6, 6.07) is 49.0. The number of esters is 2. The molecule has 0 N–H and O–H groups in total. The van der Waals surface area contributed by atoms with Crippen molar-refractivity contribution in [2.24, 2.45) is 0 Å². The molecule has 6 aliphatic rings. The Morgan fingerprint density at radius 3 is 1.51 bits per heavy atom. The molecule has 9 heteroatoms. The molecule has 6 aromatic carbocycles. The summed E-state index contributed by atoms with van der Waals surface area (Å²) in [7, 11) is 0. The summed E-state index contributed by atoms with van der Waals surface area (Å²) in [5.74, 6) is 0.895. The van der Waals surface area contributed by atoms with Crippen LogP contribution in [0.5, 0.6) is 11.5 Å². The molecule has 0 saturated carbocycles. The van der Waals surface area contributed by atoms with E-state index in [-0.39, 0.29) is 11.9 Å². The van der Waals surface area contributed by atoms with Gasteiger partial charge in [-0.05, 0) is 238 Å². The first-order valence-corrected chi connectivity index (χ1v) is 37.1. The van der Waals surface area contributed by atoms with Crippen molar-refractivity contribution in [1.29, 1.82) is 0 Å². The number of ether oxygens (including phenoxy) is 2. The van der Waals surface area contributed by atoms with Crippen LogP contribution < -0.4 is 9.47 Å². The molecule has 0 spiro atoms. The first kappa shape index (κ1) is 68.8. The van der Waals surface area contributed by atoms with E-state index in [1.165, 1.54) is 145 Å². The van der Waals surface area contributed by atoms with Gasteiger partial charge < -0.3 is 9.47 Å². The Bertz CT molecular complexity index is 5060. The Morgan fingerprint density at radius 2 is 0.854 bits per heavy atom. The zero-order valence-corrected chi connectivity index (χ0v) is 62.8. The first-order valence-electron chi connectivity index (χ1n) is 32.9. The molecule has 11 aromatic rings. The standard InChI is InChI=1S/C17H16.C16H14O2.C15H12O2.2C13H12S2.C11H12S.C2H6/c1-11(2)17-14-7-5-4-6-13(14)16-10-12(3)8-9-15(16)17;1-9(2)14-13-7-5-11-8-10(3)4-6-12(11)15(13)18-16(14)17;1-9(2)14-12-7-10-5-3-4-6-11(10)8-13(12)17-15(14)16;1-7(2)11-9-4-5-14-12(9)10-6-8(3)15-13(10)11;1-7(2)11-12-9(4-5-14-12)10-6-8(3)15-13(10)11;1-7(2)10-5-4-9-6-8(3)12-11(9)10;1-2/h4-10H,1-3H3;4-8H,1-3H3;3-8H,1-2H3;2*4-6H,1-3H3;4-6H,1-3H3;1-2H3. The molecule has 0 atom stereocenters.